The number of nitrogens with one attached hydrogen (secondary N) is 1. The summed E-state index contributed by atoms with van der Waals surface area (Å²) in [6, 6.07) is 13.4. The van der Waals surface area contributed by atoms with Crippen LogP contribution in [0.1, 0.15) is 26.3 Å². The molecule has 0 amide bonds. The van der Waals surface area contributed by atoms with E-state index >= 15 is 0 Å². The molecule has 0 unspecified atom stereocenters. The highest BCUT2D eigenvalue weighted by molar-refractivity contribution is 6.15. The number of ether oxygens (including phenoxy) is 2. The average Bonchev–Trinajstić information content (AvgIpc) is 3.10. The monoisotopic (exact) mass is 392 g/mol. The number of nitrogens with zero attached hydrogens (tertiary/aromatic N) is 3. The van der Waals surface area contributed by atoms with Gasteiger partial charge in [-0.05, 0) is 42.3 Å². The molecule has 1 aromatic heterocycles. The van der Waals surface area contributed by atoms with Crippen LogP contribution < -0.4 is 5.32 Å². The molecule has 1 aliphatic rings. The second-order valence-corrected chi connectivity index (χ2v) is 7.09. The maximum Gasteiger partial charge on any atom is 0.350 e. The van der Waals surface area contributed by atoms with Crippen LogP contribution in [0.4, 0.5) is 5.69 Å². The summed E-state index contributed by atoms with van der Waals surface area (Å²) in [7, 11) is 0. The zero-order chi connectivity index (χ0) is 20.6. The van der Waals surface area contributed by atoms with E-state index in [4.69, 9.17) is 9.47 Å². The van der Waals surface area contributed by atoms with Crippen molar-refractivity contribution in [3.63, 3.8) is 0 Å². The van der Waals surface area contributed by atoms with E-state index < -0.39 is 17.7 Å². The minimum atomic E-state index is -1.27. The van der Waals surface area contributed by atoms with Gasteiger partial charge in [-0.3, -0.25) is 0 Å². The van der Waals surface area contributed by atoms with Gasteiger partial charge in [-0.1, -0.05) is 19.1 Å². The number of esters is 2. The largest absolute Gasteiger partial charge is 0.419 e. The van der Waals surface area contributed by atoms with Crippen molar-refractivity contribution in [1.82, 2.24) is 15.0 Å². The van der Waals surface area contributed by atoms with E-state index in [1.165, 1.54) is 25.6 Å². The molecule has 148 valence electrons. The van der Waals surface area contributed by atoms with E-state index in [9.17, 15) is 9.59 Å². The van der Waals surface area contributed by atoms with E-state index in [0.717, 1.165) is 17.6 Å². The first kappa shape index (κ1) is 18.7. The van der Waals surface area contributed by atoms with Crippen LogP contribution in [0.15, 0.2) is 54.2 Å². The van der Waals surface area contributed by atoms with Gasteiger partial charge in [0.2, 0.25) is 0 Å². The molecule has 1 fully saturated rings. The third-order valence-electron chi connectivity index (χ3n) is 4.46. The smallest absolute Gasteiger partial charge is 0.350 e. The predicted octanol–water partition coefficient (Wildman–Crippen LogP) is 3.11. The van der Waals surface area contributed by atoms with Crippen LogP contribution in [0.2, 0.25) is 0 Å². The summed E-state index contributed by atoms with van der Waals surface area (Å²) in [5, 5.41) is 11.9. The molecule has 0 radical (unpaired) electrons. The van der Waals surface area contributed by atoms with Crippen molar-refractivity contribution in [2.75, 3.05) is 5.32 Å². The van der Waals surface area contributed by atoms with Crippen LogP contribution in [-0.2, 0) is 25.5 Å². The Morgan fingerprint density at radius 1 is 1.00 bits per heavy atom. The van der Waals surface area contributed by atoms with Crippen LogP contribution in [0, 0.1) is 0 Å². The number of fused-ring (bicyclic) bond motifs is 1. The Labute approximate surface area is 167 Å². The Bertz CT molecular complexity index is 1110. The molecule has 0 saturated carbocycles. The molecule has 3 aromatic rings. The molecule has 0 bridgehead atoms. The van der Waals surface area contributed by atoms with E-state index in [1.54, 1.807) is 23.0 Å². The maximum atomic E-state index is 12.0. The first-order valence-corrected chi connectivity index (χ1v) is 9.24. The summed E-state index contributed by atoms with van der Waals surface area (Å²) in [4.78, 5) is 25.6. The molecule has 0 atom stereocenters. The lowest BCUT2D eigenvalue weighted by molar-refractivity contribution is -0.222. The number of cyclic esters (lactones) is 2. The Kier molecular flexibility index (Phi) is 4.54. The predicted molar refractivity (Wildman–Crippen MR) is 106 cm³/mol. The number of rotatable bonds is 4. The zero-order valence-electron chi connectivity index (χ0n) is 16.3. The minimum absolute atomic E-state index is 0.205. The van der Waals surface area contributed by atoms with Crippen molar-refractivity contribution >= 4 is 28.7 Å². The van der Waals surface area contributed by atoms with Crippen LogP contribution >= 0.6 is 0 Å². The minimum Gasteiger partial charge on any atom is -0.419 e. The molecule has 1 aliphatic heterocycles. The number of hydrogen-bond donors (Lipinski definition) is 1. The maximum absolute atomic E-state index is 12.0. The molecule has 2 aromatic carbocycles. The average molecular weight is 392 g/mol. The van der Waals surface area contributed by atoms with Gasteiger partial charge in [0.25, 0.3) is 5.79 Å². The second kappa shape index (κ2) is 7.05. The highest BCUT2D eigenvalue weighted by atomic mass is 16.7. The van der Waals surface area contributed by atoms with Gasteiger partial charge in [-0.25, -0.2) is 9.59 Å². The summed E-state index contributed by atoms with van der Waals surface area (Å²) in [5.74, 6) is -2.74. The molecule has 0 aliphatic carbocycles. The molecule has 2 heterocycles. The standard InChI is InChI=1S/C21H20N4O4/c1-4-13-5-8-15(9-6-13)25-23-17-10-7-14(11-18(17)24-25)22-12-16-19(26)28-21(2,3)29-20(16)27/h5-12,22H,4H2,1-3H3. The van der Waals surface area contributed by atoms with E-state index in [2.05, 4.69) is 22.4 Å². The number of hydrogen-bond acceptors (Lipinski definition) is 7. The summed E-state index contributed by atoms with van der Waals surface area (Å²) in [6.07, 6.45) is 2.24. The van der Waals surface area contributed by atoms with Gasteiger partial charge in [0.15, 0.2) is 5.57 Å². The fourth-order valence-corrected chi connectivity index (χ4v) is 2.92. The molecule has 8 nitrogen and oxygen atoms in total. The van der Waals surface area contributed by atoms with Gasteiger partial charge in [0, 0.05) is 25.7 Å². The molecule has 1 saturated heterocycles. The van der Waals surface area contributed by atoms with Crippen molar-refractivity contribution in [2.24, 2.45) is 0 Å². The molecule has 4 rings (SSSR count). The summed E-state index contributed by atoms with van der Waals surface area (Å²) < 4.78 is 10.1. The normalized spacial score (nSPS) is 15.8. The van der Waals surface area contributed by atoms with Crippen LogP contribution in [0.25, 0.3) is 16.7 Å². The quantitative estimate of drug-likeness (QED) is 0.414. The van der Waals surface area contributed by atoms with E-state index in [-0.39, 0.29) is 5.57 Å². The van der Waals surface area contributed by atoms with Gasteiger partial charge in [0.1, 0.15) is 11.0 Å². The number of carbonyl (C=O) groups excluding carboxylic acids is 2. The lowest BCUT2D eigenvalue weighted by Crippen LogP contribution is -2.42. The van der Waals surface area contributed by atoms with Crippen molar-refractivity contribution in [3.05, 3.63) is 59.8 Å². The Balaban J connectivity index is 1.56. The highest BCUT2D eigenvalue weighted by Gasteiger charge is 2.38. The van der Waals surface area contributed by atoms with Crippen LogP contribution in [0.5, 0.6) is 0 Å². The van der Waals surface area contributed by atoms with Crippen molar-refractivity contribution in [1.29, 1.82) is 0 Å². The van der Waals surface area contributed by atoms with Crippen molar-refractivity contribution < 1.29 is 19.1 Å². The van der Waals surface area contributed by atoms with Crippen molar-refractivity contribution in [3.8, 4) is 5.69 Å². The number of benzene rings is 2. The van der Waals surface area contributed by atoms with Crippen molar-refractivity contribution in [2.45, 2.75) is 33.0 Å². The second-order valence-electron chi connectivity index (χ2n) is 7.09. The summed E-state index contributed by atoms with van der Waals surface area (Å²) in [5.41, 5.74) is 3.94. The first-order chi connectivity index (χ1) is 13.8. The summed E-state index contributed by atoms with van der Waals surface area (Å²) in [6.45, 7) is 5.10. The highest BCUT2D eigenvalue weighted by Crippen LogP contribution is 2.23. The summed E-state index contributed by atoms with van der Waals surface area (Å²) >= 11 is 0. The number of carbonyl (C=O) groups is 2. The molecular weight excluding hydrogens is 372 g/mol. The van der Waals surface area contributed by atoms with Gasteiger partial charge in [0.05, 0.1) is 5.69 Å². The molecule has 1 N–H and O–H groups in total. The van der Waals surface area contributed by atoms with Gasteiger partial charge < -0.3 is 14.8 Å². The lowest BCUT2D eigenvalue weighted by Gasteiger charge is -2.29. The lowest BCUT2D eigenvalue weighted by atomic mass is 10.2. The zero-order valence-corrected chi connectivity index (χ0v) is 16.3. The van der Waals surface area contributed by atoms with Gasteiger partial charge >= 0.3 is 11.9 Å². The Hall–Kier alpha value is -3.68. The first-order valence-electron chi connectivity index (χ1n) is 9.24. The Morgan fingerprint density at radius 2 is 1.66 bits per heavy atom. The van der Waals surface area contributed by atoms with Gasteiger partial charge in [-0.15, -0.1) is 10.2 Å². The Morgan fingerprint density at radius 3 is 2.31 bits per heavy atom. The fourth-order valence-electron chi connectivity index (χ4n) is 2.92. The topological polar surface area (TPSA) is 95.3 Å². The third kappa shape index (κ3) is 3.82. The molecule has 29 heavy (non-hydrogen) atoms. The third-order valence-corrected chi connectivity index (χ3v) is 4.46. The molecular formula is C21H20N4O4. The SMILES string of the molecule is CCc1ccc(-n2nc3ccc(NC=C4C(=O)OC(C)(C)OC4=O)cc3n2)cc1. The number of aryl methyl sites for hydroxylation is 1. The van der Waals surface area contributed by atoms with E-state index in [0.29, 0.717) is 11.2 Å². The number of aromatic nitrogens is 3. The van der Waals surface area contributed by atoms with Crippen LogP contribution in [-0.4, -0.2) is 32.7 Å². The molecule has 8 heteroatoms. The fraction of sp³-hybridized carbons (Fsp3) is 0.238. The molecule has 0 spiro atoms. The van der Waals surface area contributed by atoms with Gasteiger partial charge in [-0.2, -0.15) is 4.80 Å². The van der Waals surface area contributed by atoms with E-state index in [1.807, 2.05) is 24.3 Å². The number of anilines is 1. The van der Waals surface area contributed by atoms with Crippen LogP contribution in [0.3, 0.4) is 0 Å².